The van der Waals surface area contributed by atoms with E-state index in [1.807, 2.05) is 24.0 Å². The van der Waals surface area contributed by atoms with E-state index in [4.69, 9.17) is 17.0 Å². The number of aromatic amines is 1. The smallest absolute Gasteiger partial charge is 0.228 e. The molecule has 0 aliphatic carbocycles. The molecule has 2 aromatic rings. The van der Waals surface area contributed by atoms with Gasteiger partial charge in [-0.25, -0.2) is 0 Å². The van der Waals surface area contributed by atoms with Crippen LogP contribution in [0.1, 0.15) is 35.5 Å². The topological polar surface area (TPSA) is 45.3 Å². The number of aromatic nitrogens is 1. The van der Waals surface area contributed by atoms with E-state index in [1.54, 1.807) is 7.11 Å². The zero-order valence-corrected chi connectivity index (χ0v) is 15.8. The summed E-state index contributed by atoms with van der Waals surface area (Å²) < 4.78 is 5.96. The number of aryl methyl sites for hydroxylation is 1. The summed E-state index contributed by atoms with van der Waals surface area (Å²) in [5.41, 5.74) is 2.18. The molecule has 0 saturated carbocycles. The highest BCUT2D eigenvalue weighted by Gasteiger charge is 2.34. The summed E-state index contributed by atoms with van der Waals surface area (Å²) in [7, 11) is 1.66. The second-order valence-electron chi connectivity index (χ2n) is 6.42. The van der Waals surface area contributed by atoms with Crippen molar-refractivity contribution in [3.63, 3.8) is 0 Å². The maximum absolute atomic E-state index is 12.9. The fourth-order valence-electron chi connectivity index (χ4n) is 3.31. The lowest BCUT2D eigenvalue weighted by molar-refractivity contribution is -0.131. The normalized spacial score (nSPS) is 20.4. The van der Waals surface area contributed by atoms with Crippen LogP contribution in [0.5, 0.6) is 5.75 Å². The Balaban J connectivity index is 1.80. The van der Waals surface area contributed by atoms with Gasteiger partial charge in [-0.2, -0.15) is 0 Å². The molecule has 1 fully saturated rings. The van der Waals surface area contributed by atoms with E-state index in [2.05, 4.69) is 24.0 Å². The minimum absolute atomic E-state index is 0.144. The van der Waals surface area contributed by atoms with Crippen molar-refractivity contribution in [3.05, 3.63) is 44.4 Å². The van der Waals surface area contributed by atoms with E-state index < -0.39 is 0 Å². The van der Waals surface area contributed by atoms with Crippen LogP contribution in [0.15, 0.2) is 24.3 Å². The van der Waals surface area contributed by atoms with Crippen LogP contribution in [0.3, 0.4) is 0 Å². The van der Waals surface area contributed by atoms with Crippen molar-refractivity contribution in [1.82, 2.24) is 9.88 Å². The van der Waals surface area contributed by atoms with E-state index in [0.717, 1.165) is 33.2 Å². The van der Waals surface area contributed by atoms with E-state index in [-0.39, 0.29) is 11.9 Å². The van der Waals surface area contributed by atoms with E-state index in [1.165, 1.54) is 16.9 Å². The largest absolute Gasteiger partial charge is 0.497 e. The number of methoxy groups -OCH3 is 1. The molecular weight excluding hydrogens is 340 g/mol. The molecule has 0 spiro atoms. The number of hydrogen-bond donors (Lipinski definition) is 1. The fourth-order valence-corrected chi connectivity index (χ4v) is 4.59. The highest BCUT2D eigenvalue weighted by molar-refractivity contribution is 7.73. The number of hydrogen-bond acceptors (Lipinski definition) is 4. The number of thiazole rings is 1. The lowest BCUT2D eigenvalue weighted by Gasteiger charge is -2.25. The summed E-state index contributed by atoms with van der Waals surface area (Å²) in [5.74, 6) is 1.52. The molecule has 0 unspecified atom stereocenters. The highest BCUT2D eigenvalue weighted by Crippen LogP contribution is 2.36. The Morgan fingerprint density at radius 3 is 2.71 bits per heavy atom. The number of H-pyrrole nitrogens is 1. The summed E-state index contributed by atoms with van der Waals surface area (Å²) in [4.78, 5) is 19.1. The molecule has 128 valence electrons. The predicted molar refractivity (Wildman–Crippen MR) is 99.2 cm³/mol. The second kappa shape index (κ2) is 7.07. The average Bonchev–Trinajstić information content (AvgIpc) is 3.10. The van der Waals surface area contributed by atoms with Crippen LogP contribution in [-0.2, 0) is 11.2 Å². The molecule has 1 aliphatic rings. The Morgan fingerprint density at radius 2 is 2.12 bits per heavy atom. The Hall–Kier alpha value is -1.66. The van der Waals surface area contributed by atoms with Crippen molar-refractivity contribution in [3.8, 4) is 5.75 Å². The molecular formula is C18H22N2O2S2. The monoisotopic (exact) mass is 362 g/mol. The first-order valence-electron chi connectivity index (χ1n) is 8.10. The van der Waals surface area contributed by atoms with Gasteiger partial charge >= 0.3 is 0 Å². The van der Waals surface area contributed by atoms with Crippen molar-refractivity contribution in [2.45, 2.75) is 32.7 Å². The van der Waals surface area contributed by atoms with Gasteiger partial charge in [-0.1, -0.05) is 19.1 Å². The Morgan fingerprint density at radius 1 is 1.42 bits per heavy atom. The number of carbonyl (C=O) groups is 1. The molecule has 0 radical (unpaired) electrons. The third kappa shape index (κ3) is 3.54. The van der Waals surface area contributed by atoms with Gasteiger partial charge in [0.2, 0.25) is 5.91 Å². The maximum atomic E-state index is 12.9. The van der Waals surface area contributed by atoms with Gasteiger partial charge in [0.25, 0.3) is 0 Å². The Kier molecular flexibility index (Phi) is 5.06. The van der Waals surface area contributed by atoms with E-state index in [0.29, 0.717) is 12.3 Å². The minimum atomic E-state index is 0.144. The van der Waals surface area contributed by atoms with Gasteiger partial charge in [0.05, 0.1) is 19.6 Å². The molecule has 3 rings (SSSR count). The van der Waals surface area contributed by atoms with Crippen molar-refractivity contribution in [1.29, 1.82) is 0 Å². The van der Waals surface area contributed by atoms with Gasteiger partial charge in [-0.3, -0.25) is 4.79 Å². The summed E-state index contributed by atoms with van der Waals surface area (Å²) >= 11 is 6.68. The molecule has 0 bridgehead atoms. The molecule has 4 nitrogen and oxygen atoms in total. The summed E-state index contributed by atoms with van der Waals surface area (Å²) in [5, 5.41) is 0. The molecule has 1 amide bonds. The standard InChI is InChI=1S/C18H22N2O2S2/c1-11-8-15(13-4-6-14(22-3)7-5-13)20(10-11)17(21)9-16-12(2)19-18(23)24-16/h4-7,11,15H,8-10H2,1-3H3,(H,19,23)/t11-,15-/m1/s1. The SMILES string of the molecule is COc1ccc([C@H]2C[C@@H](C)CN2C(=O)Cc2sc(=S)[nH]c2C)cc1. The summed E-state index contributed by atoms with van der Waals surface area (Å²) in [6, 6.07) is 8.19. The predicted octanol–water partition coefficient (Wildman–Crippen LogP) is 4.27. The van der Waals surface area contributed by atoms with Gasteiger partial charge < -0.3 is 14.6 Å². The van der Waals surface area contributed by atoms with Crippen LogP contribution < -0.4 is 4.74 Å². The maximum Gasteiger partial charge on any atom is 0.228 e. The molecule has 2 heterocycles. The van der Waals surface area contributed by atoms with Gasteiger partial charge in [0, 0.05) is 17.1 Å². The minimum Gasteiger partial charge on any atom is -0.497 e. The van der Waals surface area contributed by atoms with Crippen molar-refractivity contribution in [2.24, 2.45) is 5.92 Å². The lowest BCUT2D eigenvalue weighted by atomic mass is 10.0. The molecule has 1 aromatic heterocycles. The first kappa shape index (κ1) is 17.2. The summed E-state index contributed by atoms with van der Waals surface area (Å²) in [6.07, 6.45) is 1.42. The highest BCUT2D eigenvalue weighted by atomic mass is 32.1. The van der Waals surface area contributed by atoms with Gasteiger partial charge in [-0.15, -0.1) is 11.3 Å². The number of benzene rings is 1. The second-order valence-corrected chi connectivity index (χ2v) is 8.19. The van der Waals surface area contributed by atoms with Crippen LogP contribution in [0, 0.1) is 16.8 Å². The lowest BCUT2D eigenvalue weighted by Crippen LogP contribution is -2.32. The van der Waals surface area contributed by atoms with Gasteiger partial charge in [0.1, 0.15) is 5.75 Å². The quantitative estimate of drug-likeness (QED) is 0.826. The number of likely N-dealkylation sites (tertiary alicyclic amines) is 1. The van der Waals surface area contributed by atoms with Crippen LogP contribution in [0.25, 0.3) is 0 Å². The Bertz CT molecular complexity index is 779. The zero-order valence-electron chi connectivity index (χ0n) is 14.2. The first-order chi connectivity index (χ1) is 11.5. The third-order valence-electron chi connectivity index (χ3n) is 4.57. The zero-order chi connectivity index (χ0) is 17.3. The van der Waals surface area contributed by atoms with Crippen molar-refractivity contribution in [2.75, 3.05) is 13.7 Å². The molecule has 2 atom stereocenters. The number of amides is 1. The van der Waals surface area contributed by atoms with Gasteiger partial charge in [0.15, 0.2) is 3.95 Å². The number of ether oxygens (including phenoxy) is 1. The Labute approximate surface area is 151 Å². The molecule has 1 aromatic carbocycles. The van der Waals surface area contributed by atoms with Crippen LogP contribution in [0.2, 0.25) is 0 Å². The van der Waals surface area contributed by atoms with E-state index in [9.17, 15) is 4.79 Å². The first-order valence-corrected chi connectivity index (χ1v) is 9.32. The van der Waals surface area contributed by atoms with Crippen LogP contribution >= 0.6 is 23.6 Å². The molecule has 1 aliphatic heterocycles. The molecule has 1 N–H and O–H groups in total. The molecule has 24 heavy (non-hydrogen) atoms. The fraction of sp³-hybridized carbons (Fsp3) is 0.444. The van der Waals surface area contributed by atoms with Gasteiger partial charge in [-0.05, 0) is 49.2 Å². The van der Waals surface area contributed by atoms with E-state index >= 15 is 0 Å². The molecule has 6 heteroatoms. The number of nitrogens with zero attached hydrogens (tertiary/aromatic N) is 1. The van der Waals surface area contributed by atoms with Crippen LogP contribution in [0.4, 0.5) is 0 Å². The molecule has 1 saturated heterocycles. The van der Waals surface area contributed by atoms with Crippen molar-refractivity contribution >= 4 is 29.5 Å². The summed E-state index contributed by atoms with van der Waals surface area (Å²) in [6.45, 7) is 4.99. The number of nitrogens with one attached hydrogen (secondary N) is 1. The number of carbonyl (C=O) groups excluding carboxylic acids is 1. The average molecular weight is 363 g/mol. The third-order valence-corrected chi connectivity index (χ3v) is 5.90. The van der Waals surface area contributed by atoms with Crippen LogP contribution in [-0.4, -0.2) is 29.4 Å². The number of rotatable bonds is 4. The van der Waals surface area contributed by atoms with Crippen molar-refractivity contribution < 1.29 is 9.53 Å².